The fourth-order valence-corrected chi connectivity index (χ4v) is 11.4. The van der Waals surface area contributed by atoms with Crippen molar-refractivity contribution in [3.8, 4) is 23.0 Å². The number of nitrogens with zero attached hydrogens (tertiary/aromatic N) is 2. The van der Waals surface area contributed by atoms with Gasteiger partial charge in [-0.1, -0.05) is 91.3 Å². The van der Waals surface area contributed by atoms with E-state index in [-0.39, 0.29) is 100 Å². The Morgan fingerprint density at radius 3 is 1.54 bits per heavy atom. The van der Waals surface area contributed by atoms with Crippen molar-refractivity contribution in [3.63, 3.8) is 0 Å². The monoisotopic (exact) mass is 1300 g/mol. The molecule has 0 radical (unpaired) electrons. The average molecular weight is 1300 g/mol. The summed E-state index contributed by atoms with van der Waals surface area (Å²) in [6.07, 6.45) is 4.87. The van der Waals surface area contributed by atoms with Gasteiger partial charge in [-0.25, -0.2) is 14.4 Å². The van der Waals surface area contributed by atoms with Crippen molar-refractivity contribution >= 4 is 75.6 Å². The Hall–Kier alpha value is -7.88. The van der Waals surface area contributed by atoms with Crippen LogP contribution in [0.25, 0.3) is 0 Å². The lowest BCUT2D eigenvalue weighted by molar-refractivity contribution is -0.128. The van der Waals surface area contributed by atoms with E-state index in [0.29, 0.717) is 56.6 Å². The summed E-state index contributed by atoms with van der Waals surface area (Å²) in [5, 5.41) is 22.8. The molecular formula is C66H97N7O16Si2. The maximum absolute atomic E-state index is 14.8. The number of methoxy groups -OCH3 is 2. The molecule has 3 aromatic rings. The van der Waals surface area contributed by atoms with E-state index in [9.17, 15) is 38.7 Å². The number of carbonyl (C=O) groups excluding carboxylic acids is 6. The lowest BCUT2D eigenvalue weighted by atomic mass is 10.0. The van der Waals surface area contributed by atoms with Crippen LogP contribution in [0, 0.1) is 5.92 Å². The van der Waals surface area contributed by atoms with Gasteiger partial charge < -0.3 is 68.1 Å². The van der Waals surface area contributed by atoms with Gasteiger partial charge in [0.1, 0.15) is 25.3 Å². The first kappa shape index (κ1) is 73.9. The maximum atomic E-state index is 14.8. The largest absolute Gasteiger partial charge is 0.493 e. The number of unbranched alkanes of at least 4 members (excludes halogenated alkanes) is 2. The Labute approximate surface area is 538 Å². The highest BCUT2D eigenvalue weighted by Gasteiger charge is 2.42. The smallest absolute Gasteiger partial charge is 0.411 e. The van der Waals surface area contributed by atoms with Crippen LogP contribution in [0.5, 0.6) is 23.0 Å². The molecular weight excluding hydrogens is 1200 g/mol. The third-order valence-corrected chi connectivity index (χ3v) is 25.7. The van der Waals surface area contributed by atoms with Gasteiger partial charge in [-0.2, -0.15) is 0 Å². The second kappa shape index (κ2) is 32.4. The van der Waals surface area contributed by atoms with Crippen molar-refractivity contribution in [1.82, 2.24) is 20.4 Å². The molecule has 2 aliphatic rings. The van der Waals surface area contributed by atoms with E-state index in [2.05, 4.69) is 101 Å². The number of carbonyl (C=O) groups is 7. The van der Waals surface area contributed by atoms with Crippen LogP contribution in [0.2, 0.25) is 36.3 Å². The minimum absolute atomic E-state index is 0.0314. The molecule has 0 spiro atoms. The van der Waals surface area contributed by atoms with Crippen LogP contribution < -0.4 is 45.5 Å². The van der Waals surface area contributed by atoms with Gasteiger partial charge in [0.2, 0.25) is 11.8 Å². The standard InChI is InChI=1S/C66H97N7O16Si2/c1-19-27-86-64(81)71-57(41(2)3)59(75)67-44(6)58(74)68-46-25-23-45(24-26-46)38-87-63(80)70-52-35-56(54(83-14)33-50(52)61(77)73-37-43(5)31-48(73)40-89-91(17,18)66(10,11)12)85-29-22-20-21-28-84-55-34-51(69-62(78)79)49(32-53(55)82-13)60(76)72-36-42(4)30-47(72)39-88-90(15,16)65(7,8)9/h19,23-26,32-37,41,44,47-48,57,69H,1,20-22,27-31,38-40H2,2-18H3,(H,67,75)(H,68,74)(H,70,80)(H,71,81)(H,78,79)/t44?,47-,48-,57?/m0/s1. The van der Waals surface area contributed by atoms with Gasteiger partial charge in [-0.3, -0.25) is 29.8 Å². The van der Waals surface area contributed by atoms with Crippen molar-refractivity contribution in [2.75, 3.05) is 63.2 Å². The van der Waals surface area contributed by atoms with Gasteiger partial charge in [0.15, 0.2) is 39.6 Å². The first-order valence-electron chi connectivity index (χ1n) is 30.8. The van der Waals surface area contributed by atoms with Crippen molar-refractivity contribution < 1.29 is 75.9 Å². The number of anilines is 3. The molecule has 2 unspecified atom stereocenters. The number of benzene rings is 3. The van der Waals surface area contributed by atoms with Crippen LogP contribution in [0.15, 0.2) is 84.7 Å². The molecule has 6 N–H and O–H groups in total. The van der Waals surface area contributed by atoms with Crippen molar-refractivity contribution in [1.29, 1.82) is 0 Å². The number of rotatable bonds is 30. The van der Waals surface area contributed by atoms with Crippen molar-refractivity contribution in [3.05, 3.63) is 101 Å². The molecule has 7 amide bonds. The molecule has 500 valence electrons. The van der Waals surface area contributed by atoms with E-state index in [4.69, 9.17) is 37.3 Å². The van der Waals surface area contributed by atoms with E-state index in [1.54, 1.807) is 60.3 Å². The van der Waals surface area contributed by atoms with Gasteiger partial charge in [0.25, 0.3) is 11.8 Å². The molecule has 23 nitrogen and oxygen atoms in total. The molecule has 0 bridgehead atoms. The van der Waals surface area contributed by atoms with E-state index >= 15 is 0 Å². The van der Waals surface area contributed by atoms with Crippen LogP contribution >= 0.6 is 0 Å². The summed E-state index contributed by atoms with van der Waals surface area (Å²) in [5.74, 6) is -1.25. The van der Waals surface area contributed by atoms with E-state index in [1.807, 2.05) is 13.8 Å². The van der Waals surface area contributed by atoms with Gasteiger partial charge >= 0.3 is 18.3 Å². The lowest BCUT2D eigenvalue weighted by Crippen LogP contribution is -2.53. The highest BCUT2D eigenvalue weighted by molar-refractivity contribution is 6.74. The Morgan fingerprint density at radius 2 is 1.11 bits per heavy atom. The second-order valence-corrected chi connectivity index (χ2v) is 36.0. The summed E-state index contributed by atoms with van der Waals surface area (Å²) < 4.78 is 47.7. The maximum Gasteiger partial charge on any atom is 0.411 e. The number of hydrogen-bond donors (Lipinski definition) is 6. The zero-order valence-electron chi connectivity index (χ0n) is 56.2. The average Bonchev–Trinajstić information content (AvgIpc) is 1.87. The summed E-state index contributed by atoms with van der Waals surface area (Å²) in [7, 11) is -1.45. The molecule has 0 aromatic heterocycles. The number of ether oxygens (including phenoxy) is 6. The number of nitrogens with one attached hydrogen (secondary N) is 5. The third kappa shape index (κ3) is 20.8. The quantitative estimate of drug-likeness (QED) is 0.0206. The highest BCUT2D eigenvalue weighted by atomic mass is 28.4. The van der Waals surface area contributed by atoms with Gasteiger partial charge in [0, 0.05) is 30.2 Å². The molecule has 3 aromatic carbocycles. The predicted octanol–water partition coefficient (Wildman–Crippen LogP) is 12.8. The normalized spacial score (nSPS) is 15.8. The molecule has 0 saturated heterocycles. The number of alkyl carbamates (subject to hydrolysis) is 1. The van der Waals surface area contributed by atoms with Crippen molar-refractivity contribution in [2.24, 2.45) is 5.92 Å². The van der Waals surface area contributed by atoms with Gasteiger partial charge in [-0.15, -0.1) is 0 Å². The zero-order chi connectivity index (χ0) is 67.8. The Balaban J connectivity index is 1.27. The Kier molecular flexibility index (Phi) is 26.3. The van der Waals surface area contributed by atoms with Gasteiger partial charge in [0.05, 0.1) is 75.2 Å². The van der Waals surface area contributed by atoms with Crippen LogP contribution in [0.4, 0.5) is 31.4 Å². The summed E-state index contributed by atoms with van der Waals surface area (Å²) in [4.78, 5) is 96.5. The first-order chi connectivity index (χ1) is 42.6. The summed E-state index contributed by atoms with van der Waals surface area (Å²) in [6.45, 7) is 34.8. The third-order valence-electron chi connectivity index (χ3n) is 16.7. The number of amides is 7. The summed E-state index contributed by atoms with van der Waals surface area (Å²) in [6, 6.07) is 9.98. The Bertz CT molecular complexity index is 3150. The molecule has 0 saturated carbocycles. The minimum Gasteiger partial charge on any atom is -0.493 e. The van der Waals surface area contributed by atoms with E-state index < -0.39 is 70.6 Å². The molecule has 0 aliphatic carbocycles. The zero-order valence-corrected chi connectivity index (χ0v) is 58.2. The molecule has 2 aliphatic heterocycles. The second-order valence-electron chi connectivity index (χ2n) is 26.4. The molecule has 91 heavy (non-hydrogen) atoms. The van der Waals surface area contributed by atoms with Gasteiger partial charge in [-0.05, 0) is 125 Å². The summed E-state index contributed by atoms with van der Waals surface area (Å²) >= 11 is 0. The van der Waals surface area contributed by atoms with Crippen LogP contribution in [0.3, 0.4) is 0 Å². The van der Waals surface area contributed by atoms with E-state index in [0.717, 1.165) is 11.1 Å². The molecule has 0 fully saturated rings. The fourth-order valence-electron chi connectivity index (χ4n) is 9.30. The number of carboxylic acid groups (broad SMARTS) is 1. The van der Waals surface area contributed by atoms with E-state index in [1.165, 1.54) is 51.5 Å². The first-order valence-corrected chi connectivity index (χ1v) is 36.6. The molecule has 25 heteroatoms. The summed E-state index contributed by atoms with van der Waals surface area (Å²) in [5.41, 5.74) is 3.30. The Morgan fingerprint density at radius 1 is 0.637 bits per heavy atom. The number of hydrogen-bond acceptors (Lipinski definition) is 15. The van der Waals surface area contributed by atoms with Crippen LogP contribution in [0.1, 0.15) is 135 Å². The fraction of sp³-hybridized carbons (Fsp3) is 0.530. The van der Waals surface area contributed by atoms with Crippen LogP contribution in [-0.4, -0.2) is 145 Å². The molecule has 4 atom stereocenters. The van der Waals surface area contributed by atoms with Crippen LogP contribution in [-0.2, 0) is 34.5 Å². The lowest BCUT2D eigenvalue weighted by Gasteiger charge is -2.38. The molecule has 2 heterocycles. The predicted molar refractivity (Wildman–Crippen MR) is 355 cm³/mol. The minimum atomic E-state index is -2.20. The highest BCUT2D eigenvalue weighted by Crippen LogP contribution is 2.41. The molecule has 5 rings (SSSR count). The van der Waals surface area contributed by atoms with Crippen molar-refractivity contribution in [2.45, 2.75) is 175 Å². The topological polar surface area (TPSA) is 280 Å². The SMILES string of the molecule is C=CCOC(=O)NC(C(=O)NC(C)C(=O)Nc1ccc(COC(=O)Nc2cc(OCCCCCOc3cc(NC(=O)O)c(C(=O)N4C=C(C)C[C@H]4CO[Si](C)(C)C(C)(C)C)cc3OC)c(OC)cc2C(=O)N2C=C(C)C[C@H]2CO[Si](C)(C)C(C)(C)C)cc1)C(C)C.